The molecule has 0 saturated heterocycles. The Kier molecular flexibility index (Phi) is 4.82. The normalized spacial score (nSPS) is 12.6. The van der Waals surface area contributed by atoms with Crippen LogP contribution in [-0.2, 0) is 21.7 Å². The number of halogens is 1. The molecule has 0 aliphatic rings. The van der Waals surface area contributed by atoms with E-state index >= 15 is 0 Å². The lowest BCUT2D eigenvalue weighted by Crippen LogP contribution is -2.15. The molecule has 130 valence electrons. The Labute approximate surface area is 148 Å². The number of para-hydroxylation sites is 1. The molecule has 0 atom stereocenters. The number of hydrogen-bond acceptors (Lipinski definition) is 4. The standard InChI is InChI=1S/C17H15FN2O3S2/c1-20-14-4-2-3-5-15(14)24-17(20)19-16(21)10-11-25(22,23)13-8-6-12(18)7-9-13/h2-9H,10-11H2,1H3. The van der Waals surface area contributed by atoms with Crippen molar-refractivity contribution in [1.29, 1.82) is 0 Å². The third-order valence-corrected chi connectivity index (χ3v) is 6.54. The van der Waals surface area contributed by atoms with Crippen LogP contribution < -0.4 is 4.80 Å². The molecule has 0 aliphatic carbocycles. The van der Waals surface area contributed by atoms with E-state index in [-0.39, 0.29) is 17.1 Å². The molecule has 3 aromatic rings. The minimum absolute atomic E-state index is 0.00545. The van der Waals surface area contributed by atoms with Gasteiger partial charge in [0.05, 0.1) is 20.9 Å². The Balaban J connectivity index is 1.78. The van der Waals surface area contributed by atoms with Crippen LogP contribution in [0.5, 0.6) is 0 Å². The largest absolute Gasteiger partial charge is 0.319 e. The maximum absolute atomic E-state index is 12.9. The van der Waals surface area contributed by atoms with Crippen molar-refractivity contribution in [2.45, 2.75) is 11.3 Å². The van der Waals surface area contributed by atoms with E-state index in [1.54, 1.807) is 11.6 Å². The summed E-state index contributed by atoms with van der Waals surface area (Å²) in [6.45, 7) is 0. The monoisotopic (exact) mass is 378 g/mol. The van der Waals surface area contributed by atoms with Crippen LogP contribution in [0.4, 0.5) is 4.39 Å². The van der Waals surface area contributed by atoms with Crippen molar-refractivity contribution in [2.24, 2.45) is 12.0 Å². The Morgan fingerprint density at radius 2 is 1.84 bits per heavy atom. The van der Waals surface area contributed by atoms with E-state index in [4.69, 9.17) is 0 Å². The first-order valence-corrected chi connectivity index (χ1v) is 9.94. The zero-order valence-electron chi connectivity index (χ0n) is 13.3. The van der Waals surface area contributed by atoms with E-state index in [0.717, 1.165) is 22.3 Å². The number of fused-ring (bicyclic) bond motifs is 1. The molecule has 0 saturated carbocycles. The summed E-state index contributed by atoms with van der Waals surface area (Å²) < 4.78 is 40.1. The van der Waals surface area contributed by atoms with Gasteiger partial charge in [0, 0.05) is 13.5 Å². The van der Waals surface area contributed by atoms with E-state index < -0.39 is 21.6 Å². The number of amides is 1. The number of nitrogens with zero attached hydrogens (tertiary/aromatic N) is 2. The lowest BCUT2D eigenvalue weighted by atomic mass is 10.3. The van der Waals surface area contributed by atoms with Crippen LogP contribution in [0.1, 0.15) is 6.42 Å². The smallest absolute Gasteiger partial charge is 0.249 e. The fraction of sp³-hybridized carbons (Fsp3) is 0.176. The van der Waals surface area contributed by atoms with Gasteiger partial charge in [-0.25, -0.2) is 12.8 Å². The van der Waals surface area contributed by atoms with Gasteiger partial charge in [-0.05, 0) is 36.4 Å². The third-order valence-electron chi connectivity index (χ3n) is 3.69. The van der Waals surface area contributed by atoms with Crippen molar-refractivity contribution in [3.8, 4) is 0 Å². The predicted octanol–water partition coefficient (Wildman–Crippen LogP) is 2.67. The van der Waals surface area contributed by atoms with Gasteiger partial charge in [0.25, 0.3) is 0 Å². The Morgan fingerprint density at radius 3 is 2.52 bits per heavy atom. The van der Waals surface area contributed by atoms with Gasteiger partial charge in [0.1, 0.15) is 5.82 Å². The maximum atomic E-state index is 12.9. The highest BCUT2D eigenvalue weighted by Crippen LogP contribution is 2.16. The van der Waals surface area contributed by atoms with Gasteiger partial charge in [-0.2, -0.15) is 4.99 Å². The van der Waals surface area contributed by atoms with E-state index in [1.165, 1.54) is 23.5 Å². The number of carbonyl (C=O) groups is 1. The van der Waals surface area contributed by atoms with E-state index in [9.17, 15) is 17.6 Å². The van der Waals surface area contributed by atoms with Gasteiger partial charge in [-0.15, -0.1) is 0 Å². The molecule has 1 aromatic heterocycles. The second-order valence-corrected chi connectivity index (χ2v) is 8.56. The zero-order valence-corrected chi connectivity index (χ0v) is 15.0. The van der Waals surface area contributed by atoms with Crippen LogP contribution in [0.15, 0.2) is 58.4 Å². The second-order valence-electron chi connectivity index (χ2n) is 5.44. The molecule has 8 heteroatoms. The van der Waals surface area contributed by atoms with Crippen LogP contribution in [0.3, 0.4) is 0 Å². The van der Waals surface area contributed by atoms with Gasteiger partial charge >= 0.3 is 0 Å². The van der Waals surface area contributed by atoms with Crippen molar-refractivity contribution in [2.75, 3.05) is 5.75 Å². The Hall–Kier alpha value is -2.32. The number of carbonyl (C=O) groups excluding carboxylic acids is 1. The molecule has 2 aromatic carbocycles. The number of aryl methyl sites for hydroxylation is 1. The number of thiazole rings is 1. The Bertz CT molecular complexity index is 1100. The molecule has 0 aliphatic heterocycles. The summed E-state index contributed by atoms with van der Waals surface area (Å²) in [5.74, 6) is -1.38. The molecular weight excluding hydrogens is 363 g/mol. The summed E-state index contributed by atoms with van der Waals surface area (Å²) in [7, 11) is -1.84. The molecular formula is C17H15FN2O3S2. The van der Waals surface area contributed by atoms with Crippen molar-refractivity contribution >= 4 is 37.3 Å². The van der Waals surface area contributed by atoms with E-state index in [0.29, 0.717) is 4.80 Å². The molecule has 0 fully saturated rings. The van der Waals surface area contributed by atoms with Crippen LogP contribution >= 0.6 is 11.3 Å². The van der Waals surface area contributed by atoms with Crippen molar-refractivity contribution in [3.05, 3.63) is 59.1 Å². The van der Waals surface area contributed by atoms with Gasteiger partial charge < -0.3 is 4.57 Å². The molecule has 0 N–H and O–H groups in total. The minimum atomic E-state index is -3.65. The zero-order chi connectivity index (χ0) is 18.0. The highest BCUT2D eigenvalue weighted by molar-refractivity contribution is 7.91. The molecule has 5 nitrogen and oxygen atoms in total. The van der Waals surface area contributed by atoms with Crippen LogP contribution in [0, 0.1) is 5.82 Å². The van der Waals surface area contributed by atoms with E-state index in [2.05, 4.69) is 4.99 Å². The van der Waals surface area contributed by atoms with Crippen LogP contribution in [0.2, 0.25) is 0 Å². The summed E-state index contributed by atoms with van der Waals surface area (Å²) in [5, 5.41) is 0. The van der Waals surface area contributed by atoms with Gasteiger partial charge in [0.15, 0.2) is 14.6 Å². The number of hydrogen-bond donors (Lipinski definition) is 0. The number of benzene rings is 2. The van der Waals surface area contributed by atoms with Crippen molar-refractivity contribution < 1.29 is 17.6 Å². The average Bonchev–Trinajstić information content (AvgIpc) is 2.90. The van der Waals surface area contributed by atoms with Crippen molar-refractivity contribution in [3.63, 3.8) is 0 Å². The first-order chi connectivity index (χ1) is 11.9. The minimum Gasteiger partial charge on any atom is -0.319 e. The molecule has 0 unspecified atom stereocenters. The topological polar surface area (TPSA) is 68.5 Å². The molecule has 0 spiro atoms. The van der Waals surface area contributed by atoms with Crippen LogP contribution in [0.25, 0.3) is 10.2 Å². The highest BCUT2D eigenvalue weighted by atomic mass is 32.2. The number of rotatable bonds is 4. The summed E-state index contributed by atoms with van der Waals surface area (Å²) in [6.07, 6.45) is -0.228. The van der Waals surface area contributed by atoms with Gasteiger partial charge in [-0.1, -0.05) is 23.5 Å². The lowest BCUT2D eigenvalue weighted by molar-refractivity contribution is -0.117. The SMILES string of the molecule is Cn1c(=NC(=O)CCS(=O)(=O)c2ccc(F)cc2)sc2ccccc21. The Morgan fingerprint density at radius 1 is 1.16 bits per heavy atom. The fourth-order valence-electron chi connectivity index (χ4n) is 2.33. The number of aromatic nitrogens is 1. The maximum Gasteiger partial charge on any atom is 0.249 e. The van der Waals surface area contributed by atoms with Crippen LogP contribution in [-0.4, -0.2) is 24.6 Å². The van der Waals surface area contributed by atoms with Crippen molar-refractivity contribution in [1.82, 2.24) is 4.57 Å². The van der Waals surface area contributed by atoms with Gasteiger partial charge in [0.2, 0.25) is 5.91 Å². The summed E-state index contributed by atoms with van der Waals surface area (Å²) in [6, 6.07) is 12.2. The molecule has 1 amide bonds. The summed E-state index contributed by atoms with van der Waals surface area (Å²) >= 11 is 1.37. The quantitative estimate of drug-likeness (QED) is 0.656. The second kappa shape index (κ2) is 6.89. The first-order valence-electron chi connectivity index (χ1n) is 7.47. The fourth-order valence-corrected chi connectivity index (χ4v) is 4.60. The molecule has 3 rings (SSSR count). The molecule has 0 radical (unpaired) electrons. The average molecular weight is 378 g/mol. The van der Waals surface area contributed by atoms with Gasteiger partial charge in [-0.3, -0.25) is 4.79 Å². The number of sulfone groups is 1. The molecule has 1 heterocycles. The molecule has 0 bridgehead atoms. The molecule has 25 heavy (non-hydrogen) atoms. The first kappa shape index (κ1) is 17.5. The third kappa shape index (κ3) is 3.85. The lowest BCUT2D eigenvalue weighted by Gasteiger charge is -2.02. The predicted molar refractivity (Wildman–Crippen MR) is 94.4 cm³/mol. The summed E-state index contributed by atoms with van der Waals surface area (Å²) in [4.78, 5) is 16.6. The summed E-state index contributed by atoms with van der Waals surface area (Å²) in [5.41, 5.74) is 0.956. The highest BCUT2D eigenvalue weighted by Gasteiger charge is 2.16. The van der Waals surface area contributed by atoms with E-state index in [1.807, 2.05) is 24.3 Å².